The van der Waals surface area contributed by atoms with Crippen LogP contribution >= 0.6 is 0 Å². The highest BCUT2D eigenvalue weighted by Gasteiger charge is 2.35. The third kappa shape index (κ3) is 4.89. The molecule has 0 bridgehead atoms. The van der Waals surface area contributed by atoms with E-state index in [-0.39, 0.29) is 5.41 Å². The second-order valence-corrected chi connectivity index (χ2v) is 13.0. The van der Waals surface area contributed by atoms with E-state index in [1.54, 1.807) is 0 Å². The summed E-state index contributed by atoms with van der Waals surface area (Å²) < 4.78 is 0. The van der Waals surface area contributed by atoms with Gasteiger partial charge in [0.2, 0.25) is 0 Å². The lowest BCUT2D eigenvalue weighted by Gasteiger charge is -2.22. The SMILES string of the molecule is C/C=C(/C=C\c1ccc2ccc(-c3ccc4c(c3)C(C)(C)c3ccccc3-4)nc2c1C)c1ccc(-c2cccc3ncccc23)cc1. The van der Waals surface area contributed by atoms with Crippen molar-refractivity contribution in [3.63, 3.8) is 0 Å². The Balaban J connectivity index is 1.09. The van der Waals surface area contributed by atoms with Crippen LogP contribution in [0.15, 0.2) is 140 Å². The van der Waals surface area contributed by atoms with Crippen molar-refractivity contribution in [2.75, 3.05) is 0 Å². The van der Waals surface area contributed by atoms with E-state index >= 15 is 0 Å². The first-order valence-corrected chi connectivity index (χ1v) is 16.4. The number of pyridine rings is 2. The monoisotopic (exact) mass is 604 g/mol. The molecule has 0 atom stereocenters. The van der Waals surface area contributed by atoms with Crippen molar-refractivity contribution in [3.05, 3.63) is 167 Å². The molecule has 0 aliphatic heterocycles. The van der Waals surface area contributed by atoms with Crippen LogP contribution in [0, 0.1) is 6.92 Å². The average Bonchev–Trinajstić information content (AvgIpc) is 3.35. The summed E-state index contributed by atoms with van der Waals surface area (Å²) in [5.41, 5.74) is 16.7. The molecule has 0 radical (unpaired) electrons. The van der Waals surface area contributed by atoms with Gasteiger partial charge in [0, 0.05) is 27.9 Å². The van der Waals surface area contributed by atoms with Crippen molar-refractivity contribution in [1.29, 1.82) is 0 Å². The molecule has 8 rings (SSSR count). The molecule has 1 aliphatic carbocycles. The van der Waals surface area contributed by atoms with Gasteiger partial charge in [0.15, 0.2) is 0 Å². The Morgan fingerprint density at radius 3 is 2.30 bits per heavy atom. The van der Waals surface area contributed by atoms with Crippen molar-refractivity contribution >= 4 is 33.5 Å². The van der Waals surface area contributed by atoms with Crippen LogP contribution in [0.5, 0.6) is 0 Å². The Kier molecular flexibility index (Phi) is 6.95. The maximum Gasteiger partial charge on any atom is 0.0744 e. The van der Waals surface area contributed by atoms with Gasteiger partial charge in [0.05, 0.1) is 16.7 Å². The Morgan fingerprint density at radius 2 is 1.45 bits per heavy atom. The van der Waals surface area contributed by atoms with Gasteiger partial charge in [-0.15, -0.1) is 0 Å². The molecule has 0 spiro atoms. The molecule has 47 heavy (non-hydrogen) atoms. The summed E-state index contributed by atoms with van der Waals surface area (Å²) in [6, 6.07) is 43.7. The first-order valence-electron chi connectivity index (χ1n) is 16.4. The van der Waals surface area contributed by atoms with Crippen LogP contribution in [-0.4, -0.2) is 9.97 Å². The number of aromatic nitrogens is 2. The highest BCUT2D eigenvalue weighted by molar-refractivity contribution is 5.95. The van der Waals surface area contributed by atoms with Crippen molar-refractivity contribution in [2.24, 2.45) is 0 Å². The number of aryl methyl sites for hydroxylation is 1. The number of benzene rings is 5. The summed E-state index contributed by atoms with van der Waals surface area (Å²) in [4.78, 5) is 9.77. The first-order chi connectivity index (χ1) is 22.9. The minimum Gasteiger partial charge on any atom is -0.256 e. The van der Waals surface area contributed by atoms with Gasteiger partial charge >= 0.3 is 0 Å². The van der Waals surface area contributed by atoms with Crippen molar-refractivity contribution in [3.8, 4) is 33.5 Å². The minimum absolute atomic E-state index is 0.0368. The summed E-state index contributed by atoms with van der Waals surface area (Å²) in [5, 5.41) is 2.32. The van der Waals surface area contributed by atoms with Crippen LogP contribution in [0.25, 0.3) is 67.0 Å². The van der Waals surface area contributed by atoms with Gasteiger partial charge < -0.3 is 0 Å². The van der Waals surface area contributed by atoms with E-state index in [1.165, 1.54) is 61.0 Å². The predicted molar refractivity (Wildman–Crippen MR) is 199 cm³/mol. The molecule has 7 aromatic rings. The maximum atomic E-state index is 5.24. The Morgan fingerprint density at radius 1 is 0.681 bits per heavy atom. The van der Waals surface area contributed by atoms with Gasteiger partial charge in [-0.05, 0) is 93.8 Å². The zero-order valence-corrected chi connectivity index (χ0v) is 27.3. The van der Waals surface area contributed by atoms with Gasteiger partial charge in [-0.1, -0.05) is 129 Å². The van der Waals surface area contributed by atoms with Crippen molar-refractivity contribution in [2.45, 2.75) is 33.1 Å². The Bertz CT molecular complexity index is 2380. The lowest BCUT2D eigenvalue weighted by molar-refractivity contribution is 0.660. The Hall–Kier alpha value is -5.60. The molecule has 0 amide bonds. The normalized spacial score (nSPS) is 13.7. The molecule has 2 nitrogen and oxygen atoms in total. The number of hydrogen-bond donors (Lipinski definition) is 0. The van der Waals surface area contributed by atoms with Crippen LogP contribution in [-0.2, 0) is 5.41 Å². The van der Waals surface area contributed by atoms with Crippen molar-refractivity contribution in [1.82, 2.24) is 9.97 Å². The van der Waals surface area contributed by atoms with Crippen LogP contribution < -0.4 is 0 Å². The van der Waals surface area contributed by atoms with Crippen LogP contribution in [0.1, 0.15) is 48.6 Å². The average molecular weight is 605 g/mol. The fraction of sp³-hybridized carbons (Fsp3) is 0.111. The molecular weight excluding hydrogens is 569 g/mol. The lowest BCUT2D eigenvalue weighted by atomic mass is 9.82. The van der Waals surface area contributed by atoms with E-state index in [1.807, 2.05) is 12.3 Å². The summed E-state index contributed by atoms with van der Waals surface area (Å²) in [5.74, 6) is 0. The number of hydrogen-bond acceptors (Lipinski definition) is 2. The molecule has 226 valence electrons. The lowest BCUT2D eigenvalue weighted by Crippen LogP contribution is -2.14. The number of fused-ring (bicyclic) bond motifs is 5. The first kappa shape index (κ1) is 28.8. The van der Waals surface area contributed by atoms with Crippen LogP contribution in [0.3, 0.4) is 0 Å². The molecular formula is C45H36N2. The number of nitrogens with zero attached hydrogens (tertiary/aromatic N) is 2. The smallest absolute Gasteiger partial charge is 0.0744 e. The van der Waals surface area contributed by atoms with Gasteiger partial charge in [-0.3, -0.25) is 4.98 Å². The third-order valence-corrected chi connectivity index (χ3v) is 9.96. The van der Waals surface area contributed by atoms with E-state index in [4.69, 9.17) is 4.98 Å². The molecule has 0 N–H and O–H groups in total. The van der Waals surface area contributed by atoms with Gasteiger partial charge in [-0.2, -0.15) is 0 Å². The van der Waals surface area contributed by atoms with E-state index in [0.717, 1.165) is 27.7 Å². The molecule has 0 fully saturated rings. The fourth-order valence-corrected chi connectivity index (χ4v) is 7.29. The minimum atomic E-state index is -0.0368. The second kappa shape index (κ2) is 11.3. The molecule has 0 saturated carbocycles. The molecule has 5 aromatic carbocycles. The second-order valence-electron chi connectivity index (χ2n) is 13.0. The molecule has 0 saturated heterocycles. The zero-order chi connectivity index (χ0) is 32.1. The highest BCUT2D eigenvalue weighted by Crippen LogP contribution is 2.49. The summed E-state index contributed by atoms with van der Waals surface area (Å²) >= 11 is 0. The molecule has 0 unspecified atom stereocenters. The fourth-order valence-electron chi connectivity index (χ4n) is 7.29. The van der Waals surface area contributed by atoms with E-state index in [0.29, 0.717) is 0 Å². The topological polar surface area (TPSA) is 25.8 Å². The van der Waals surface area contributed by atoms with Crippen molar-refractivity contribution < 1.29 is 0 Å². The van der Waals surface area contributed by atoms with E-state index in [9.17, 15) is 0 Å². The molecule has 2 aromatic heterocycles. The van der Waals surface area contributed by atoms with Crippen LogP contribution in [0.2, 0.25) is 0 Å². The van der Waals surface area contributed by atoms with E-state index in [2.05, 4.69) is 166 Å². The summed E-state index contributed by atoms with van der Waals surface area (Å²) in [6.45, 7) is 8.94. The molecule has 2 heteroatoms. The van der Waals surface area contributed by atoms with Gasteiger partial charge in [-0.25, -0.2) is 4.98 Å². The number of rotatable bonds is 5. The van der Waals surface area contributed by atoms with Gasteiger partial charge in [0.1, 0.15) is 0 Å². The highest BCUT2D eigenvalue weighted by atomic mass is 14.7. The quantitative estimate of drug-likeness (QED) is 0.183. The maximum absolute atomic E-state index is 5.24. The number of allylic oxidation sites excluding steroid dienone is 3. The molecule has 1 aliphatic rings. The summed E-state index contributed by atoms with van der Waals surface area (Å²) in [7, 11) is 0. The zero-order valence-electron chi connectivity index (χ0n) is 27.3. The molecule has 2 heterocycles. The van der Waals surface area contributed by atoms with Gasteiger partial charge in [0.25, 0.3) is 0 Å². The predicted octanol–water partition coefficient (Wildman–Crippen LogP) is 11.8. The largest absolute Gasteiger partial charge is 0.256 e. The van der Waals surface area contributed by atoms with Crippen LogP contribution in [0.4, 0.5) is 0 Å². The summed E-state index contributed by atoms with van der Waals surface area (Å²) in [6.07, 6.45) is 8.46. The Labute approximate surface area is 276 Å². The standard InChI is InChI=1S/C45H36N2/c1-5-30(32-18-20-33(21-19-32)36-11-8-14-43-39(36)12-9-27-46-43)15-16-31-17-22-34-24-26-42(47-44(34)29(31)2)35-23-25-38-37-10-6-7-13-40(37)45(3,4)41(38)28-35/h5-28H,1-4H3/b16-15-,30-5-. The third-order valence-electron chi connectivity index (χ3n) is 9.96. The van der Waals surface area contributed by atoms with E-state index < -0.39 is 0 Å².